The molecule has 0 amide bonds. The lowest BCUT2D eigenvalue weighted by Crippen LogP contribution is -2.09. The van der Waals surface area contributed by atoms with E-state index < -0.39 is 6.10 Å². The molecule has 0 heterocycles. The second-order valence-electron chi connectivity index (χ2n) is 5.68. The molecule has 0 aromatic heterocycles. The molecule has 1 N–H and O–H groups in total. The third-order valence-corrected chi connectivity index (χ3v) is 4.35. The van der Waals surface area contributed by atoms with Crippen molar-refractivity contribution in [2.45, 2.75) is 38.2 Å². The number of aryl methyl sites for hydroxylation is 1. The lowest BCUT2D eigenvalue weighted by molar-refractivity contribution is 0.214. The van der Waals surface area contributed by atoms with Crippen molar-refractivity contribution in [2.24, 2.45) is 0 Å². The van der Waals surface area contributed by atoms with Gasteiger partial charge >= 0.3 is 0 Å². The van der Waals surface area contributed by atoms with E-state index >= 15 is 0 Å². The highest BCUT2D eigenvalue weighted by Crippen LogP contribution is 2.37. The number of aliphatic hydroxyl groups excluding tert-OH is 1. The highest BCUT2D eigenvalue weighted by Gasteiger charge is 2.20. The van der Waals surface area contributed by atoms with E-state index in [2.05, 4.69) is 12.1 Å². The fourth-order valence-electron chi connectivity index (χ4n) is 2.75. The highest BCUT2D eigenvalue weighted by atomic mass is 19.1. The molecule has 0 spiro atoms. The van der Waals surface area contributed by atoms with Gasteiger partial charge in [0.2, 0.25) is 0 Å². The van der Waals surface area contributed by atoms with Gasteiger partial charge in [0.1, 0.15) is 11.9 Å². The Kier molecular flexibility index (Phi) is 3.58. The minimum atomic E-state index is -0.898. The molecule has 0 aliphatic heterocycles. The highest BCUT2D eigenvalue weighted by molar-refractivity contribution is 5.35. The molecular formula is C18H19FO. The molecule has 0 radical (unpaired) electrons. The van der Waals surface area contributed by atoms with Gasteiger partial charge in [0.25, 0.3) is 0 Å². The number of benzene rings is 2. The van der Waals surface area contributed by atoms with Crippen molar-refractivity contribution in [3.05, 3.63) is 70.5 Å². The van der Waals surface area contributed by atoms with Crippen LogP contribution in [-0.4, -0.2) is 5.11 Å². The van der Waals surface area contributed by atoms with E-state index in [1.807, 2.05) is 12.1 Å². The molecule has 2 aromatic rings. The third kappa shape index (κ3) is 2.36. The SMILES string of the molecule is Cc1cccc(C(O)c2ccc(C3CCC3)cc2)c1F. The summed E-state index contributed by atoms with van der Waals surface area (Å²) < 4.78 is 14.0. The van der Waals surface area contributed by atoms with Crippen LogP contribution in [0.5, 0.6) is 0 Å². The molecule has 2 heteroatoms. The Bertz CT molecular complexity index is 599. The lowest BCUT2D eigenvalue weighted by atomic mass is 9.80. The monoisotopic (exact) mass is 270 g/mol. The average molecular weight is 270 g/mol. The number of hydrogen-bond acceptors (Lipinski definition) is 1. The second-order valence-corrected chi connectivity index (χ2v) is 5.68. The van der Waals surface area contributed by atoms with Gasteiger partial charge in [-0.3, -0.25) is 0 Å². The maximum atomic E-state index is 14.0. The van der Waals surface area contributed by atoms with E-state index in [1.54, 1.807) is 25.1 Å². The number of hydrogen-bond donors (Lipinski definition) is 1. The molecule has 1 aliphatic carbocycles. The number of rotatable bonds is 3. The maximum absolute atomic E-state index is 14.0. The Labute approximate surface area is 119 Å². The van der Waals surface area contributed by atoms with E-state index in [1.165, 1.54) is 24.8 Å². The molecule has 20 heavy (non-hydrogen) atoms. The van der Waals surface area contributed by atoms with Gasteiger partial charge in [-0.05, 0) is 42.4 Å². The number of halogens is 1. The Morgan fingerprint density at radius 1 is 1.10 bits per heavy atom. The molecule has 1 nitrogen and oxygen atoms in total. The van der Waals surface area contributed by atoms with Gasteiger partial charge in [0.15, 0.2) is 0 Å². The summed E-state index contributed by atoms with van der Waals surface area (Å²) in [6.45, 7) is 1.71. The molecule has 1 atom stereocenters. The van der Waals surface area contributed by atoms with Crippen molar-refractivity contribution in [2.75, 3.05) is 0 Å². The Morgan fingerprint density at radius 3 is 2.40 bits per heavy atom. The average Bonchev–Trinajstić information content (AvgIpc) is 2.40. The summed E-state index contributed by atoms with van der Waals surface area (Å²) in [7, 11) is 0. The first-order valence-electron chi connectivity index (χ1n) is 7.20. The van der Waals surface area contributed by atoms with Gasteiger partial charge in [-0.15, -0.1) is 0 Å². The molecule has 0 saturated heterocycles. The van der Waals surface area contributed by atoms with Crippen molar-refractivity contribution >= 4 is 0 Å². The van der Waals surface area contributed by atoms with Crippen LogP contribution in [0.25, 0.3) is 0 Å². The van der Waals surface area contributed by atoms with Gasteiger partial charge in [-0.2, -0.15) is 0 Å². The zero-order valence-corrected chi connectivity index (χ0v) is 11.6. The Hall–Kier alpha value is -1.67. The summed E-state index contributed by atoms with van der Waals surface area (Å²) in [5.74, 6) is 0.361. The topological polar surface area (TPSA) is 20.2 Å². The lowest BCUT2D eigenvalue weighted by Gasteiger charge is -2.26. The molecule has 1 unspecified atom stereocenters. The predicted octanol–water partition coefficient (Wildman–Crippen LogP) is 4.48. The Balaban J connectivity index is 1.86. The third-order valence-electron chi connectivity index (χ3n) is 4.35. The fourth-order valence-corrected chi connectivity index (χ4v) is 2.75. The van der Waals surface area contributed by atoms with Crippen LogP contribution in [-0.2, 0) is 0 Å². The van der Waals surface area contributed by atoms with Crippen LogP contribution in [0.15, 0.2) is 42.5 Å². The van der Waals surface area contributed by atoms with Gasteiger partial charge in [0.05, 0.1) is 0 Å². The van der Waals surface area contributed by atoms with Crippen LogP contribution < -0.4 is 0 Å². The van der Waals surface area contributed by atoms with Crippen molar-refractivity contribution in [3.63, 3.8) is 0 Å². The first-order valence-corrected chi connectivity index (χ1v) is 7.20. The zero-order valence-electron chi connectivity index (χ0n) is 11.6. The van der Waals surface area contributed by atoms with E-state index in [0.717, 1.165) is 5.56 Å². The maximum Gasteiger partial charge on any atom is 0.132 e. The molecule has 0 bridgehead atoms. The van der Waals surface area contributed by atoms with Crippen LogP contribution in [0.1, 0.15) is 53.5 Å². The predicted molar refractivity (Wildman–Crippen MR) is 78.2 cm³/mol. The van der Waals surface area contributed by atoms with Gasteiger partial charge in [-0.25, -0.2) is 4.39 Å². The van der Waals surface area contributed by atoms with E-state index in [9.17, 15) is 9.50 Å². The molecule has 2 aromatic carbocycles. The van der Waals surface area contributed by atoms with E-state index in [4.69, 9.17) is 0 Å². The van der Waals surface area contributed by atoms with Crippen LogP contribution >= 0.6 is 0 Å². The molecular weight excluding hydrogens is 251 g/mol. The van der Waals surface area contributed by atoms with Gasteiger partial charge < -0.3 is 5.11 Å². The first kappa shape index (κ1) is 13.3. The van der Waals surface area contributed by atoms with Gasteiger partial charge in [0, 0.05) is 5.56 Å². The van der Waals surface area contributed by atoms with Gasteiger partial charge in [-0.1, -0.05) is 48.9 Å². The van der Waals surface area contributed by atoms with E-state index in [0.29, 0.717) is 17.0 Å². The zero-order chi connectivity index (χ0) is 14.1. The van der Waals surface area contributed by atoms with Crippen LogP contribution in [0.3, 0.4) is 0 Å². The smallest absolute Gasteiger partial charge is 0.132 e. The van der Waals surface area contributed by atoms with Crippen molar-refractivity contribution < 1.29 is 9.50 Å². The summed E-state index contributed by atoms with van der Waals surface area (Å²) in [5.41, 5.74) is 2.99. The van der Waals surface area contributed by atoms with Crippen molar-refractivity contribution in [1.82, 2.24) is 0 Å². The van der Waals surface area contributed by atoms with Crippen molar-refractivity contribution in [1.29, 1.82) is 0 Å². The summed E-state index contributed by atoms with van der Waals surface area (Å²) >= 11 is 0. The van der Waals surface area contributed by atoms with Crippen LogP contribution in [0, 0.1) is 12.7 Å². The number of aliphatic hydroxyl groups is 1. The normalized spacial score (nSPS) is 16.8. The molecule has 3 rings (SSSR count). The van der Waals surface area contributed by atoms with E-state index in [-0.39, 0.29) is 5.82 Å². The van der Waals surface area contributed by atoms with Crippen LogP contribution in [0.2, 0.25) is 0 Å². The summed E-state index contributed by atoms with van der Waals surface area (Å²) in [6, 6.07) is 13.1. The molecule has 1 fully saturated rings. The second kappa shape index (κ2) is 5.37. The Morgan fingerprint density at radius 2 is 1.80 bits per heavy atom. The molecule has 104 valence electrons. The fraction of sp³-hybridized carbons (Fsp3) is 0.333. The molecule has 1 saturated carbocycles. The van der Waals surface area contributed by atoms with Crippen LogP contribution in [0.4, 0.5) is 4.39 Å². The summed E-state index contributed by atoms with van der Waals surface area (Å²) in [5, 5.41) is 10.4. The van der Waals surface area contributed by atoms with Crippen molar-refractivity contribution in [3.8, 4) is 0 Å². The summed E-state index contributed by atoms with van der Waals surface area (Å²) in [6.07, 6.45) is 2.93. The summed E-state index contributed by atoms with van der Waals surface area (Å²) in [4.78, 5) is 0. The standard InChI is InChI=1S/C18H19FO/c1-12-4-2-7-16(17(12)19)18(20)15-10-8-14(9-11-15)13-5-3-6-13/h2,4,7-11,13,18,20H,3,5-6H2,1H3. The molecule has 1 aliphatic rings. The minimum absolute atomic E-state index is 0.317. The largest absolute Gasteiger partial charge is 0.384 e. The minimum Gasteiger partial charge on any atom is -0.384 e. The first-order chi connectivity index (χ1) is 9.66. The quantitative estimate of drug-likeness (QED) is 0.871.